The average Bonchev–Trinajstić information content (AvgIpc) is 3.32. The third-order valence-corrected chi connectivity index (χ3v) is 6.77. The Morgan fingerprint density at radius 2 is 1.87 bits per heavy atom. The van der Waals surface area contributed by atoms with Crippen LogP contribution < -0.4 is 10.6 Å². The fraction of sp³-hybridized carbons (Fsp3) is 0.241. The summed E-state index contributed by atoms with van der Waals surface area (Å²) in [5.41, 5.74) is 3.81. The van der Waals surface area contributed by atoms with Crippen LogP contribution in [0.25, 0.3) is 27.6 Å². The maximum Gasteiger partial charge on any atom is 0.224 e. The number of aromatic nitrogens is 4. The van der Waals surface area contributed by atoms with E-state index in [-0.39, 0.29) is 5.91 Å². The van der Waals surface area contributed by atoms with Gasteiger partial charge in [0.15, 0.2) is 11.6 Å². The number of morpholine rings is 1. The quantitative estimate of drug-likeness (QED) is 0.331. The first kappa shape index (κ1) is 24.0. The average molecular weight is 508 g/mol. The van der Waals surface area contributed by atoms with Crippen molar-refractivity contribution in [2.45, 2.75) is 6.42 Å². The minimum Gasteiger partial charge on any atom is -0.379 e. The Labute approximate surface area is 220 Å². The molecule has 9 nitrogen and oxygen atoms in total. The van der Waals surface area contributed by atoms with E-state index in [0.29, 0.717) is 24.6 Å². The molecule has 0 saturated carbocycles. The molecule has 0 unspecified atom stereocenters. The lowest BCUT2D eigenvalue weighted by Crippen LogP contribution is -2.41. The van der Waals surface area contributed by atoms with Crippen molar-refractivity contribution in [3.8, 4) is 5.82 Å². The van der Waals surface area contributed by atoms with Crippen LogP contribution in [0.2, 0.25) is 0 Å². The van der Waals surface area contributed by atoms with Crippen LogP contribution in [0.3, 0.4) is 0 Å². The van der Waals surface area contributed by atoms with Gasteiger partial charge in [0, 0.05) is 55.0 Å². The van der Waals surface area contributed by atoms with Gasteiger partial charge in [0.1, 0.15) is 0 Å². The van der Waals surface area contributed by atoms with Crippen molar-refractivity contribution in [2.75, 3.05) is 44.7 Å². The Morgan fingerprint density at radius 3 is 2.74 bits per heavy atom. The number of benzene rings is 2. The molecule has 0 bridgehead atoms. The lowest BCUT2D eigenvalue weighted by Gasteiger charge is -2.26. The second-order valence-corrected chi connectivity index (χ2v) is 9.33. The number of hydrogen-bond donors (Lipinski definition) is 2. The smallest absolute Gasteiger partial charge is 0.224 e. The number of nitrogens with one attached hydrogen (secondary N) is 2. The molecule has 0 aliphatic carbocycles. The molecule has 3 aromatic heterocycles. The van der Waals surface area contributed by atoms with Gasteiger partial charge in [-0.1, -0.05) is 24.3 Å². The number of nitrogens with zero attached hydrogens (tertiary/aromatic N) is 5. The van der Waals surface area contributed by atoms with Crippen molar-refractivity contribution < 1.29 is 9.53 Å². The van der Waals surface area contributed by atoms with Crippen molar-refractivity contribution in [2.24, 2.45) is 0 Å². The second-order valence-electron chi connectivity index (χ2n) is 9.33. The Balaban J connectivity index is 1.15. The second kappa shape index (κ2) is 11.0. The van der Waals surface area contributed by atoms with Crippen molar-refractivity contribution in [3.63, 3.8) is 0 Å². The Bertz CT molecular complexity index is 1560. The number of anilines is 2. The van der Waals surface area contributed by atoms with E-state index in [9.17, 15) is 4.79 Å². The van der Waals surface area contributed by atoms with E-state index in [2.05, 4.69) is 30.7 Å². The van der Waals surface area contributed by atoms with Crippen molar-refractivity contribution >= 4 is 39.2 Å². The van der Waals surface area contributed by atoms with Gasteiger partial charge in [0.05, 0.1) is 30.7 Å². The molecule has 4 heterocycles. The van der Waals surface area contributed by atoms with Gasteiger partial charge in [-0.25, -0.2) is 0 Å². The van der Waals surface area contributed by atoms with E-state index in [1.807, 2.05) is 77.5 Å². The molecule has 1 aliphatic heterocycles. The number of carbonyl (C=O) groups excluding carboxylic acids is 1. The summed E-state index contributed by atoms with van der Waals surface area (Å²) in [5, 5.41) is 17.3. The van der Waals surface area contributed by atoms with Crippen LogP contribution in [-0.4, -0.2) is 69.9 Å². The summed E-state index contributed by atoms with van der Waals surface area (Å²) in [5.74, 6) is 1.35. The summed E-state index contributed by atoms with van der Waals surface area (Å²) < 4.78 is 7.38. The van der Waals surface area contributed by atoms with Gasteiger partial charge in [-0.2, -0.15) is 0 Å². The highest BCUT2D eigenvalue weighted by atomic mass is 16.5. The van der Waals surface area contributed by atoms with E-state index in [1.165, 1.54) is 0 Å². The van der Waals surface area contributed by atoms with Crippen LogP contribution in [0.15, 0.2) is 79.1 Å². The summed E-state index contributed by atoms with van der Waals surface area (Å²) in [6.45, 7) is 4.81. The highest BCUT2D eigenvalue weighted by Crippen LogP contribution is 2.25. The summed E-state index contributed by atoms with van der Waals surface area (Å²) in [6.07, 6.45) is 4.08. The summed E-state index contributed by atoms with van der Waals surface area (Å²) in [7, 11) is 0. The molecule has 9 heteroatoms. The van der Waals surface area contributed by atoms with Crippen LogP contribution in [0.5, 0.6) is 0 Å². The maximum absolute atomic E-state index is 12.7. The molecule has 192 valence electrons. The molecule has 5 aromatic rings. The van der Waals surface area contributed by atoms with Crippen molar-refractivity contribution in [1.29, 1.82) is 0 Å². The SMILES string of the molecule is O=C(Cc1cn(-c2ccc(Nc3ccc4ncccc4c3)nn2)c2ccccc12)NCCN1CCOCC1. The standard InChI is InChI=1S/C29H29N7O2/c37-29(31-12-13-35-14-16-38-17-15-35)19-22-20-36(26-6-2-1-5-24(22)26)28-10-9-27(33-34-28)32-23-7-8-25-21(18-23)4-3-11-30-25/h1-11,18,20H,12-17,19H2,(H,31,37)(H,32,33). The number of hydrogen-bond acceptors (Lipinski definition) is 7. The van der Waals surface area contributed by atoms with E-state index in [0.717, 1.165) is 65.9 Å². The molecule has 6 rings (SSSR count). The highest BCUT2D eigenvalue weighted by Gasteiger charge is 2.15. The van der Waals surface area contributed by atoms with Gasteiger partial charge in [-0.3, -0.25) is 19.2 Å². The minimum absolute atomic E-state index is 0.0115. The first-order chi connectivity index (χ1) is 18.7. The van der Waals surface area contributed by atoms with Crippen LogP contribution in [0.1, 0.15) is 5.56 Å². The molecule has 1 saturated heterocycles. The van der Waals surface area contributed by atoms with Gasteiger partial charge in [0.25, 0.3) is 0 Å². The molecule has 0 radical (unpaired) electrons. The van der Waals surface area contributed by atoms with Gasteiger partial charge in [-0.15, -0.1) is 10.2 Å². The third kappa shape index (κ3) is 5.34. The van der Waals surface area contributed by atoms with Gasteiger partial charge in [0.2, 0.25) is 5.91 Å². The Morgan fingerprint density at radius 1 is 0.974 bits per heavy atom. The van der Waals surface area contributed by atoms with E-state index < -0.39 is 0 Å². The third-order valence-electron chi connectivity index (χ3n) is 6.77. The van der Waals surface area contributed by atoms with Crippen LogP contribution in [0, 0.1) is 0 Å². The first-order valence-electron chi connectivity index (χ1n) is 12.8. The van der Waals surface area contributed by atoms with Gasteiger partial charge in [-0.05, 0) is 48.0 Å². The predicted molar refractivity (Wildman–Crippen MR) is 148 cm³/mol. The predicted octanol–water partition coefficient (Wildman–Crippen LogP) is 3.70. The monoisotopic (exact) mass is 507 g/mol. The maximum atomic E-state index is 12.7. The molecular formula is C29H29N7O2. The molecule has 2 N–H and O–H groups in total. The van der Waals surface area contributed by atoms with E-state index in [1.54, 1.807) is 6.20 Å². The topological polar surface area (TPSA) is 97.2 Å². The van der Waals surface area contributed by atoms with Gasteiger partial charge >= 0.3 is 0 Å². The number of rotatable bonds is 8. The summed E-state index contributed by atoms with van der Waals surface area (Å²) in [4.78, 5) is 19.4. The Kier molecular flexibility index (Phi) is 6.93. The molecule has 1 aliphatic rings. The van der Waals surface area contributed by atoms with Crippen LogP contribution in [0.4, 0.5) is 11.5 Å². The molecule has 1 amide bonds. The first-order valence-corrected chi connectivity index (χ1v) is 12.8. The number of fused-ring (bicyclic) bond motifs is 2. The molecule has 2 aromatic carbocycles. The lowest BCUT2D eigenvalue weighted by molar-refractivity contribution is -0.120. The fourth-order valence-corrected chi connectivity index (χ4v) is 4.82. The van der Waals surface area contributed by atoms with Gasteiger partial charge < -0.3 is 15.4 Å². The molecule has 0 spiro atoms. The minimum atomic E-state index is 0.0115. The molecule has 38 heavy (non-hydrogen) atoms. The van der Waals surface area contributed by atoms with E-state index in [4.69, 9.17) is 4.74 Å². The number of amides is 1. The lowest BCUT2D eigenvalue weighted by atomic mass is 10.1. The van der Waals surface area contributed by atoms with Crippen LogP contribution in [-0.2, 0) is 16.0 Å². The van der Waals surface area contributed by atoms with E-state index >= 15 is 0 Å². The number of para-hydroxylation sites is 1. The highest BCUT2D eigenvalue weighted by molar-refractivity contribution is 5.90. The van der Waals surface area contributed by atoms with Crippen molar-refractivity contribution in [3.05, 3.63) is 84.7 Å². The van der Waals surface area contributed by atoms with Crippen molar-refractivity contribution in [1.82, 2.24) is 30.0 Å². The summed E-state index contributed by atoms with van der Waals surface area (Å²) >= 11 is 0. The number of pyridine rings is 1. The summed E-state index contributed by atoms with van der Waals surface area (Å²) in [6, 6.07) is 21.8. The zero-order valence-corrected chi connectivity index (χ0v) is 21.0. The number of ether oxygens (including phenoxy) is 1. The Hall–Kier alpha value is -4.34. The fourth-order valence-electron chi connectivity index (χ4n) is 4.82. The van der Waals surface area contributed by atoms with Crippen LogP contribution >= 0.6 is 0 Å². The largest absolute Gasteiger partial charge is 0.379 e. The molecule has 1 fully saturated rings. The zero-order chi connectivity index (χ0) is 25.7. The molecular weight excluding hydrogens is 478 g/mol. The number of carbonyl (C=O) groups is 1. The zero-order valence-electron chi connectivity index (χ0n) is 21.0. The normalized spacial score (nSPS) is 14.1. The molecule has 0 atom stereocenters.